The molecule has 0 bridgehead atoms. The van der Waals surface area contributed by atoms with Crippen LogP contribution in [-0.4, -0.2) is 0 Å². The molecule has 0 aliphatic rings. The fourth-order valence-corrected chi connectivity index (χ4v) is 8.59. The van der Waals surface area contributed by atoms with Gasteiger partial charge in [0.1, 0.15) is 11.2 Å². The molecule has 0 atom stereocenters. The molecular weight excluding hydrogens is 703 g/mol. The molecule has 1 aromatic heterocycles. The van der Waals surface area contributed by atoms with Crippen molar-refractivity contribution < 1.29 is 4.42 Å². The van der Waals surface area contributed by atoms with E-state index in [-0.39, 0.29) is 0 Å². The molecule has 2 nitrogen and oxygen atoms in total. The van der Waals surface area contributed by atoms with Crippen LogP contribution in [0, 0.1) is 0 Å². The van der Waals surface area contributed by atoms with Gasteiger partial charge in [0.05, 0.1) is 5.69 Å². The molecule has 0 aliphatic carbocycles. The highest BCUT2D eigenvalue weighted by Gasteiger charge is 2.21. The maximum absolute atomic E-state index is 6.66. The van der Waals surface area contributed by atoms with Gasteiger partial charge in [-0.1, -0.05) is 170 Å². The third-order valence-electron chi connectivity index (χ3n) is 11.5. The van der Waals surface area contributed by atoms with Crippen LogP contribution >= 0.6 is 0 Å². The molecule has 11 rings (SSSR count). The second kappa shape index (κ2) is 14.1. The lowest BCUT2D eigenvalue weighted by molar-refractivity contribution is 0.673. The van der Waals surface area contributed by atoms with E-state index >= 15 is 0 Å². The van der Waals surface area contributed by atoms with Crippen molar-refractivity contribution in [2.75, 3.05) is 4.90 Å². The number of benzene rings is 10. The molecule has 58 heavy (non-hydrogen) atoms. The minimum Gasteiger partial charge on any atom is -0.455 e. The van der Waals surface area contributed by atoms with Gasteiger partial charge in [-0.15, -0.1) is 0 Å². The Hall–Kier alpha value is -7.68. The van der Waals surface area contributed by atoms with Crippen LogP contribution in [0.4, 0.5) is 17.1 Å². The molecular formula is C56H37NO. The average molecular weight is 740 g/mol. The van der Waals surface area contributed by atoms with Crippen LogP contribution in [0.15, 0.2) is 229 Å². The molecule has 0 amide bonds. The summed E-state index contributed by atoms with van der Waals surface area (Å²) in [4.78, 5) is 2.39. The van der Waals surface area contributed by atoms with Gasteiger partial charge in [-0.25, -0.2) is 0 Å². The summed E-state index contributed by atoms with van der Waals surface area (Å²) < 4.78 is 6.66. The predicted molar refractivity (Wildman–Crippen MR) is 245 cm³/mol. The van der Waals surface area contributed by atoms with E-state index in [1.807, 2.05) is 0 Å². The SMILES string of the molecule is c1ccc(-c2cccc(-c3ccc(N(c4ccc(-c5ccc6ccccc6c5)cc4)c4ccccc4-c4cccc5oc6c7ccccc7ccc6c45)cc3)c2)cc1. The summed E-state index contributed by atoms with van der Waals surface area (Å²) in [5.41, 5.74) is 14.5. The lowest BCUT2D eigenvalue weighted by atomic mass is 9.95. The maximum Gasteiger partial charge on any atom is 0.143 e. The van der Waals surface area contributed by atoms with Crippen molar-refractivity contribution in [2.24, 2.45) is 0 Å². The standard InChI is InChI=1S/C56H37NO/c1-2-12-38(13-3-1)44-17-10-18-45(36-44)40-26-31-47(32-27-40)57(48-33-28-41(29-34-48)46-25-24-39-14-4-5-16-43(39)37-46)53-22-9-8-20-50(53)51-21-11-23-54-55(51)52-35-30-42-15-6-7-19-49(42)56(52)58-54/h1-37H. The number of furan rings is 1. The number of anilines is 3. The van der Waals surface area contributed by atoms with Crippen LogP contribution in [0.1, 0.15) is 0 Å². The monoisotopic (exact) mass is 739 g/mol. The zero-order chi connectivity index (χ0) is 38.4. The summed E-state index contributed by atoms with van der Waals surface area (Å²) >= 11 is 0. The van der Waals surface area contributed by atoms with Crippen molar-refractivity contribution >= 4 is 60.5 Å². The Kier molecular flexibility index (Phi) is 8.19. The molecule has 0 radical (unpaired) electrons. The van der Waals surface area contributed by atoms with Crippen molar-refractivity contribution in [3.05, 3.63) is 224 Å². The molecule has 0 unspecified atom stereocenters. The summed E-state index contributed by atoms with van der Waals surface area (Å²) in [5, 5.41) is 7.02. The zero-order valence-electron chi connectivity index (χ0n) is 31.7. The Morgan fingerprint density at radius 1 is 0.310 bits per heavy atom. The first kappa shape index (κ1) is 33.6. The molecule has 10 aromatic carbocycles. The number of rotatable bonds is 7. The van der Waals surface area contributed by atoms with Crippen molar-refractivity contribution in [3.63, 3.8) is 0 Å². The summed E-state index contributed by atoms with van der Waals surface area (Å²) in [5.74, 6) is 0. The molecule has 0 fully saturated rings. The van der Waals surface area contributed by atoms with Crippen LogP contribution in [0.5, 0.6) is 0 Å². The van der Waals surface area contributed by atoms with Gasteiger partial charge in [0.25, 0.3) is 0 Å². The molecule has 0 aliphatic heterocycles. The van der Waals surface area contributed by atoms with E-state index in [0.29, 0.717) is 0 Å². The van der Waals surface area contributed by atoms with Gasteiger partial charge < -0.3 is 9.32 Å². The topological polar surface area (TPSA) is 16.4 Å². The highest BCUT2D eigenvalue weighted by molar-refractivity contribution is 6.19. The van der Waals surface area contributed by atoms with E-state index in [2.05, 4.69) is 229 Å². The van der Waals surface area contributed by atoms with Crippen LogP contribution in [0.25, 0.3) is 88.0 Å². The Balaban J connectivity index is 1.06. The largest absolute Gasteiger partial charge is 0.455 e. The highest BCUT2D eigenvalue weighted by atomic mass is 16.3. The smallest absolute Gasteiger partial charge is 0.143 e. The fourth-order valence-electron chi connectivity index (χ4n) is 8.59. The van der Waals surface area contributed by atoms with Crippen LogP contribution < -0.4 is 4.90 Å². The molecule has 2 heteroatoms. The van der Waals surface area contributed by atoms with Gasteiger partial charge in [0.2, 0.25) is 0 Å². The molecule has 1 heterocycles. The Morgan fingerprint density at radius 3 is 1.60 bits per heavy atom. The maximum atomic E-state index is 6.66. The number of para-hydroxylation sites is 1. The first-order valence-electron chi connectivity index (χ1n) is 19.8. The molecule has 0 N–H and O–H groups in total. The number of fused-ring (bicyclic) bond motifs is 6. The van der Waals surface area contributed by atoms with Crippen LogP contribution in [0.2, 0.25) is 0 Å². The van der Waals surface area contributed by atoms with E-state index in [1.54, 1.807) is 0 Å². The van der Waals surface area contributed by atoms with Gasteiger partial charge in [-0.2, -0.15) is 0 Å². The third kappa shape index (κ3) is 5.91. The predicted octanol–water partition coefficient (Wildman–Crippen LogP) is 16.0. The lowest BCUT2D eigenvalue weighted by Crippen LogP contribution is -2.11. The van der Waals surface area contributed by atoms with Crippen molar-refractivity contribution in [1.29, 1.82) is 0 Å². The molecule has 0 spiro atoms. The van der Waals surface area contributed by atoms with Gasteiger partial charge in [-0.05, 0) is 110 Å². The van der Waals surface area contributed by atoms with Crippen molar-refractivity contribution in [3.8, 4) is 44.5 Å². The number of hydrogen-bond acceptors (Lipinski definition) is 2. The molecule has 11 aromatic rings. The van der Waals surface area contributed by atoms with Gasteiger partial charge >= 0.3 is 0 Å². The van der Waals surface area contributed by atoms with Crippen LogP contribution in [0.3, 0.4) is 0 Å². The number of hydrogen-bond donors (Lipinski definition) is 0. The van der Waals surface area contributed by atoms with Crippen molar-refractivity contribution in [2.45, 2.75) is 0 Å². The first-order valence-corrected chi connectivity index (χ1v) is 19.8. The van der Waals surface area contributed by atoms with E-state index in [0.717, 1.165) is 55.5 Å². The van der Waals surface area contributed by atoms with E-state index in [9.17, 15) is 0 Å². The minimum atomic E-state index is 0.882. The normalized spacial score (nSPS) is 11.4. The second-order valence-electron chi connectivity index (χ2n) is 14.9. The second-order valence-corrected chi connectivity index (χ2v) is 14.9. The van der Waals surface area contributed by atoms with Gasteiger partial charge in [0.15, 0.2) is 0 Å². The molecule has 272 valence electrons. The van der Waals surface area contributed by atoms with Gasteiger partial charge in [-0.3, -0.25) is 0 Å². The van der Waals surface area contributed by atoms with Crippen LogP contribution in [-0.2, 0) is 0 Å². The minimum absolute atomic E-state index is 0.882. The molecule has 0 saturated heterocycles. The fraction of sp³-hybridized carbons (Fsp3) is 0. The summed E-state index contributed by atoms with van der Waals surface area (Å²) in [6, 6.07) is 80.7. The number of nitrogens with zero attached hydrogens (tertiary/aromatic N) is 1. The summed E-state index contributed by atoms with van der Waals surface area (Å²) in [6.07, 6.45) is 0. The first-order chi connectivity index (χ1) is 28.7. The van der Waals surface area contributed by atoms with Gasteiger partial charge in [0, 0.05) is 33.1 Å². The quantitative estimate of drug-likeness (QED) is 0.162. The lowest BCUT2D eigenvalue weighted by Gasteiger charge is -2.28. The summed E-state index contributed by atoms with van der Waals surface area (Å²) in [7, 11) is 0. The Bertz CT molecular complexity index is 3270. The summed E-state index contributed by atoms with van der Waals surface area (Å²) in [6.45, 7) is 0. The zero-order valence-corrected chi connectivity index (χ0v) is 31.7. The third-order valence-corrected chi connectivity index (χ3v) is 11.5. The highest BCUT2D eigenvalue weighted by Crippen LogP contribution is 2.46. The van der Waals surface area contributed by atoms with E-state index < -0.39 is 0 Å². The van der Waals surface area contributed by atoms with E-state index in [1.165, 1.54) is 49.5 Å². The van der Waals surface area contributed by atoms with Crippen molar-refractivity contribution in [1.82, 2.24) is 0 Å². The van der Waals surface area contributed by atoms with E-state index in [4.69, 9.17) is 4.42 Å². The molecule has 0 saturated carbocycles. The average Bonchev–Trinajstić information content (AvgIpc) is 3.70. The Morgan fingerprint density at radius 2 is 0.845 bits per heavy atom. The Labute approximate surface area is 337 Å².